The lowest BCUT2D eigenvalue weighted by molar-refractivity contribution is -0.252. The summed E-state index contributed by atoms with van der Waals surface area (Å²) in [7, 11) is 0. The van der Waals surface area contributed by atoms with Crippen LogP contribution in [0.4, 0.5) is 11.4 Å². The van der Waals surface area contributed by atoms with Crippen LogP contribution in [-0.4, -0.2) is 134 Å². The monoisotopic (exact) mass is 852 g/mol. The van der Waals surface area contributed by atoms with Crippen LogP contribution in [0.15, 0.2) is 24.3 Å². The van der Waals surface area contributed by atoms with Crippen molar-refractivity contribution in [3.8, 4) is 0 Å². The van der Waals surface area contributed by atoms with E-state index in [2.05, 4.69) is 10.6 Å². The van der Waals surface area contributed by atoms with Crippen LogP contribution in [0.5, 0.6) is 0 Å². The first kappa shape index (κ1) is 48.2. The highest BCUT2D eigenvalue weighted by atomic mass is 16.7. The van der Waals surface area contributed by atoms with Crippen LogP contribution in [0, 0.1) is 0 Å². The van der Waals surface area contributed by atoms with Crippen molar-refractivity contribution in [1.29, 1.82) is 0 Å². The Balaban J connectivity index is 1.78. The minimum atomic E-state index is -1.46. The van der Waals surface area contributed by atoms with E-state index >= 15 is 0 Å². The van der Waals surface area contributed by atoms with Gasteiger partial charge in [0.2, 0.25) is 11.8 Å². The van der Waals surface area contributed by atoms with E-state index in [0.717, 1.165) is 55.4 Å². The summed E-state index contributed by atoms with van der Waals surface area (Å²) >= 11 is 0. The third-order valence-electron chi connectivity index (χ3n) is 8.40. The molecule has 0 radical (unpaired) electrons. The Morgan fingerprint density at radius 1 is 0.400 bits per heavy atom. The Morgan fingerprint density at radius 2 is 0.650 bits per heavy atom. The maximum absolute atomic E-state index is 13.3. The quantitative estimate of drug-likeness (QED) is 0.170. The summed E-state index contributed by atoms with van der Waals surface area (Å²) < 4.78 is 54.4. The predicted octanol–water partition coefficient (Wildman–Crippen LogP) is 0.595. The largest absolute Gasteiger partial charge is 0.463 e. The number of rotatable bonds is 16. The van der Waals surface area contributed by atoms with E-state index in [0.29, 0.717) is 0 Å². The van der Waals surface area contributed by atoms with E-state index in [1.54, 1.807) is 0 Å². The molecular formula is C38H48N2O20. The normalized spacial score (nSPS) is 25.8. The molecule has 1 aromatic carbocycles. The molecular weight excluding hydrogens is 804 g/mol. The van der Waals surface area contributed by atoms with Gasteiger partial charge in [0.25, 0.3) is 0 Å². The summed E-state index contributed by atoms with van der Waals surface area (Å²) in [6.45, 7) is 7.71. The van der Waals surface area contributed by atoms with E-state index < -0.39 is 147 Å². The molecule has 0 saturated carbocycles. The van der Waals surface area contributed by atoms with Gasteiger partial charge in [-0.3, -0.25) is 47.9 Å². The van der Waals surface area contributed by atoms with Crippen molar-refractivity contribution in [3.05, 3.63) is 24.3 Å². The smallest absolute Gasteiger partial charge is 0.303 e. The van der Waals surface area contributed by atoms with E-state index in [-0.39, 0.29) is 11.4 Å². The minimum Gasteiger partial charge on any atom is -0.463 e. The summed E-state index contributed by atoms with van der Waals surface area (Å²) in [4.78, 5) is 122. The zero-order valence-corrected chi connectivity index (χ0v) is 34.1. The highest BCUT2D eigenvalue weighted by Crippen LogP contribution is 2.33. The van der Waals surface area contributed by atoms with Gasteiger partial charge in [0.05, 0.1) is 12.8 Å². The number of carbonyl (C=O) groups is 10. The van der Waals surface area contributed by atoms with Crippen LogP contribution in [0.3, 0.4) is 0 Å². The van der Waals surface area contributed by atoms with Gasteiger partial charge in [-0.05, 0) is 24.3 Å². The molecule has 22 nitrogen and oxygen atoms in total. The fourth-order valence-corrected chi connectivity index (χ4v) is 6.39. The molecule has 2 saturated heterocycles. The molecule has 2 aliphatic heterocycles. The Hall–Kier alpha value is -6.16. The SMILES string of the molecule is CC(=O)OC[C@H]1O[C@H](CC(=O)Nc2ccc(NC(=O)C[C@H]3O[C@H](COC(C)=O)[C@@H](OC(C)=O)[C@H](OC(C)=O)[C@@H]3OC(C)=O)cc2)[C@@H](OC(C)=O)[C@@H](OC(C)=O)[C@@H]1OC(C)=O. The van der Waals surface area contributed by atoms with Gasteiger partial charge in [0.15, 0.2) is 36.6 Å². The summed E-state index contributed by atoms with van der Waals surface area (Å²) in [5.41, 5.74) is 0.450. The molecule has 2 heterocycles. The summed E-state index contributed by atoms with van der Waals surface area (Å²) in [5.74, 6) is -7.75. The number of esters is 8. The molecule has 2 fully saturated rings. The summed E-state index contributed by atoms with van der Waals surface area (Å²) in [6.07, 6.45) is -14.7. The summed E-state index contributed by atoms with van der Waals surface area (Å²) in [6, 6.07) is 5.70. The lowest BCUT2D eigenvalue weighted by Crippen LogP contribution is -2.62. The molecule has 0 bridgehead atoms. The number of hydrogen-bond acceptors (Lipinski definition) is 20. The van der Waals surface area contributed by atoms with E-state index in [1.165, 1.54) is 24.3 Å². The van der Waals surface area contributed by atoms with Crippen molar-refractivity contribution in [3.63, 3.8) is 0 Å². The Bertz CT molecular complexity index is 1650. The van der Waals surface area contributed by atoms with Gasteiger partial charge in [0, 0.05) is 66.8 Å². The van der Waals surface area contributed by atoms with Gasteiger partial charge in [-0.1, -0.05) is 0 Å². The Labute approximate surface area is 343 Å². The average molecular weight is 853 g/mol. The number of ether oxygens (including phenoxy) is 10. The van der Waals surface area contributed by atoms with Gasteiger partial charge in [0.1, 0.15) is 37.6 Å². The maximum atomic E-state index is 13.3. The maximum Gasteiger partial charge on any atom is 0.303 e. The van der Waals surface area contributed by atoms with Crippen molar-refractivity contribution < 1.29 is 95.3 Å². The van der Waals surface area contributed by atoms with Crippen LogP contribution in [0.1, 0.15) is 68.2 Å². The fraction of sp³-hybridized carbons (Fsp3) is 0.579. The van der Waals surface area contributed by atoms with Gasteiger partial charge in [-0.15, -0.1) is 0 Å². The van der Waals surface area contributed by atoms with E-state index in [4.69, 9.17) is 47.4 Å². The standard InChI is InChI=1S/C38H48N2O20/c1-17(41)51-15-29-35(55-21(5)45)37(57-23(7)47)33(53-19(3)43)27(59-29)13-31(49)39-25-9-11-26(12-10-25)40-32(50)14-28-34(54-20(4)44)38(58-24(8)48)36(56-22(6)46)30(60-28)16-52-18(2)42/h9-12,27-30,33-38H,13-16H2,1-8H3,(H,39,49)(H,40,50)/t27-,28-,29-,30-,33-,34-,35-,36-,37-,38-/m1/s1. The molecule has 330 valence electrons. The number of carbonyl (C=O) groups excluding carboxylic acids is 10. The third kappa shape index (κ3) is 15.2. The lowest BCUT2D eigenvalue weighted by atomic mass is 9.92. The fourth-order valence-electron chi connectivity index (χ4n) is 6.39. The number of anilines is 2. The lowest BCUT2D eigenvalue weighted by Gasteiger charge is -2.44. The molecule has 0 aliphatic carbocycles. The second-order valence-corrected chi connectivity index (χ2v) is 13.6. The zero-order chi connectivity index (χ0) is 44.8. The first-order valence-corrected chi connectivity index (χ1v) is 18.4. The van der Waals surface area contributed by atoms with Crippen molar-refractivity contribution >= 4 is 70.9 Å². The van der Waals surface area contributed by atoms with Crippen LogP contribution in [-0.2, 0) is 95.3 Å². The van der Waals surface area contributed by atoms with Crippen LogP contribution in [0.2, 0.25) is 0 Å². The first-order chi connectivity index (χ1) is 28.1. The Morgan fingerprint density at radius 3 is 0.900 bits per heavy atom. The number of nitrogens with one attached hydrogen (secondary N) is 2. The molecule has 3 rings (SSSR count). The number of amides is 2. The molecule has 0 unspecified atom stereocenters. The molecule has 1 aromatic rings. The van der Waals surface area contributed by atoms with Crippen LogP contribution < -0.4 is 10.6 Å². The second kappa shape index (κ2) is 22.3. The van der Waals surface area contributed by atoms with E-state index in [1.807, 2.05) is 0 Å². The first-order valence-electron chi connectivity index (χ1n) is 18.4. The molecule has 0 aromatic heterocycles. The molecule has 2 amide bonds. The van der Waals surface area contributed by atoms with Gasteiger partial charge in [-0.25, -0.2) is 0 Å². The van der Waals surface area contributed by atoms with Gasteiger partial charge in [-0.2, -0.15) is 0 Å². The molecule has 10 atom stereocenters. The second-order valence-electron chi connectivity index (χ2n) is 13.6. The van der Waals surface area contributed by atoms with Gasteiger partial charge < -0.3 is 58.0 Å². The highest BCUT2D eigenvalue weighted by molar-refractivity contribution is 5.93. The van der Waals surface area contributed by atoms with Crippen molar-refractivity contribution in [1.82, 2.24) is 0 Å². The van der Waals surface area contributed by atoms with Crippen molar-refractivity contribution in [2.45, 2.75) is 129 Å². The third-order valence-corrected chi connectivity index (χ3v) is 8.40. The predicted molar refractivity (Wildman–Crippen MR) is 197 cm³/mol. The molecule has 0 spiro atoms. The minimum absolute atomic E-state index is 0.225. The molecule has 2 aliphatic rings. The topological polar surface area (TPSA) is 287 Å². The van der Waals surface area contributed by atoms with Crippen LogP contribution in [0.25, 0.3) is 0 Å². The molecule has 2 N–H and O–H groups in total. The average Bonchev–Trinajstić information content (AvgIpc) is 3.11. The van der Waals surface area contributed by atoms with E-state index in [9.17, 15) is 47.9 Å². The Kier molecular flexibility index (Phi) is 17.9. The summed E-state index contributed by atoms with van der Waals surface area (Å²) in [5, 5.41) is 5.26. The van der Waals surface area contributed by atoms with Crippen molar-refractivity contribution in [2.24, 2.45) is 0 Å². The van der Waals surface area contributed by atoms with Gasteiger partial charge >= 0.3 is 47.8 Å². The van der Waals surface area contributed by atoms with Crippen LogP contribution >= 0.6 is 0 Å². The molecule has 22 heteroatoms. The number of hydrogen-bond donors (Lipinski definition) is 2. The highest BCUT2D eigenvalue weighted by Gasteiger charge is 2.54. The number of benzene rings is 1. The van der Waals surface area contributed by atoms with Crippen molar-refractivity contribution in [2.75, 3.05) is 23.8 Å². The zero-order valence-electron chi connectivity index (χ0n) is 34.1. The molecule has 60 heavy (non-hydrogen) atoms.